The molecule has 1 aliphatic rings. The number of para-hydroxylation sites is 2. The number of carbonyl (C=O) groups is 2. The Bertz CT molecular complexity index is 987. The van der Waals surface area contributed by atoms with Crippen molar-refractivity contribution >= 4 is 11.6 Å². The smallest absolute Gasteiger partial charge is 0.186 e. The Morgan fingerprint density at radius 2 is 0.750 bits per heavy atom. The van der Waals surface area contributed by atoms with Crippen molar-refractivity contribution in [1.82, 2.24) is 0 Å². The average molecular weight is 430 g/mol. The van der Waals surface area contributed by atoms with E-state index in [0.717, 1.165) is 0 Å². The quantitative estimate of drug-likeness (QED) is 0.246. The Balaban J connectivity index is 0.000000418. The molecule has 0 unspecified atom stereocenters. The van der Waals surface area contributed by atoms with Crippen LogP contribution in [0.5, 0.6) is 11.5 Å². The molecule has 32 heavy (non-hydrogen) atoms. The lowest BCUT2D eigenvalue weighted by atomic mass is 9.95. The normalized spacial score (nSPS) is 9.75. The molecule has 0 aromatic heterocycles. The van der Waals surface area contributed by atoms with Crippen LogP contribution in [0.1, 0.15) is 20.7 Å². The summed E-state index contributed by atoms with van der Waals surface area (Å²) in [6.07, 6.45) is 2.62. The molecule has 0 atom stereocenters. The van der Waals surface area contributed by atoms with Crippen LogP contribution in [0.15, 0.2) is 97.1 Å². The van der Waals surface area contributed by atoms with Gasteiger partial charge in [-0.05, 0) is 36.4 Å². The highest BCUT2D eigenvalue weighted by Crippen LogP contribution is 2.15. The summed E-state index contributed by atoms with van der Waals surface area (Å²) in [5.74, 6) is 0.459. The Kier molecular flexibility index (Phi) is 14.2. The summed E-state index contributed by atoms with van der Waals surface area (Å²) in [6.45, 7) is 0. The molecule has 0 heterocycles. The van der Waals surface area contributed by atoms with Crippen LogP contribution in [0.25, 0.3) is 31.9 Å². The maximum absolute atomic E-state index is 11.2. The molecule has 10 nitrogen and oxygen atoms in total. The van der Waals surface area contributed by atoms with E-state index in [-0.39, 0.29) is 11.6 Å². The van der Waals surface area contributed by atoms with Gasteiger partial charge in [0.2, 0.25) is 0 Å². The zero-order valence-electron chi connectivity index (χ0n) is 16.6. The summed E-state index contributed by atoms with van der Waals surface area (Å²) in [6, 6.07) is 24.3. The lowest BCUT2D eigenvalue weighted by molar-refractivity contribution is 0.0994. The number of phenolic OH excluding ortho intramolecular Hbond substituents is 2. The molecular formula is C22H18N6O4-2. The summed E-state index contributed by atoms with van der Waals surface area (Å²) < 4.78 is 0. The number of rotatable bonds is 0. The number of allylic oxidation sites excluding steroid dienone is 2. The predicted molar refractivity (Wildman–Crippen MR) is 121 cm³/mol. The van der Waals surface area contributed by atoms with Gasteiger partial charge in [-0.1, -0.05) is 60.7 Å². The average Bonchev–Trinajstić information content (AvgIpc) is 2.80. The fraction of sp³-hybridized carbons (Fsp3) is 0. The number of phenols is 2. The highest BCUT2D eigenvalue weighted by Gasteiger charge is 2.16. The first-order valence-electron chi connectivity index (χ1n) is 8.71. The van der Waals surface area contributed by atoms with Gasteiger partial charge in [-0.2, -0.15) is 0 Å². The number of benzene rings is 3. The minimum atomic E-state index is -0.0924. The lowest BCUT2D eigenvalue weighted by Gasteiger charge is -2.06. The van der Waals surface area contributed by atoms with Crippen LogP contribution in [0.2, 0.25) is 0 Å². The standard InChI is InChI=1S/C10H6O2.2C6H6O.2N3/c11-9-5-6-10(12)8-4-2-1-3-7(8)9;2*7-6-4-2-1-3-5-6;2*1-3-2/h1-6H;2*1-5,7H;;/q;;;2*-1. The second-order valence-electron chi connectivity index (χ2n) is 5.46. The third-order valence-electron chi connectivity index (χ3n) is 3.36. The molecule has 0 amide bonds. The van der Waals surface area contributed by atoms with Crippen molar-refractivity contribution in [3.63, 3.8) is 0 Å². The number of aromatic hydroxyl groups is 2. The highest BCUT2D eigenvalue weighted by molar-refractivity contribution is 6.21. The van der Waals surface area contributed by atoms with E-state index in [9.17, 15) is 9.59 Å². The number of nitrogens with zero attached hydrogens (tertiary/aromatic N) is 6. The third-order valence-corrected chi connectivity index (χ3v) is 3.36. The first-order chi connectivity index (χ1) is 15.4. The van der Waals surface area contributed by atoms with E-state index in [2.05, 4.69) is 0 Å². The van der Waals surface area contributed by atoms with Gasteiger partial charge in [0.1, 0.15) is 11.5 Å². The topological polar surface area (TPSA) is 192 Å². The fourth-order valence-corrected chi connectivity index (χ4v) is 2.10. The molecular weight excluding hydrogens is 412 g/mol. The summed E-state index contributed by atoms with van der Waals surface area (Å²) in [5, 5.41) is 17.3. The number of hydrogen-bond acceptors (Lipinski definition) is 4. The van der Waals surface area contributed by atoms with Gasteiger partial charge in [0, 0.05) is 11.1 Å². The van der Waals surface area contributed by atoms with Gasteiger partial charge in [0.25, 0.3) is 0 Å². The van der Waals surface area contributed by atoms with Crippen molar-refractivity contribution in [2.24, 2.45) is 0 Å². The number of fused-ring (bicyclic) bond motifs is 1. The molecule has 0 radical (unpaired) electrons. The molecule has 0 spiro atoms. The van der Waals surface area contributed by atoms with Crippen molar-refractivity contribution in [1.29, 1.82) is 0 Å². The van der Waals surface area contributed by atoms with E-state index in [1.54, 1.807) is 72.8 Å². The van der Waals surface area contributed by atoms with Gasteiger partial charge in [0.15, 0.2) is 11.6 Å². The Labute approximate surface area is 183 Å². The molecule has 2 N–H and O–H groups in total. The molecule has 0 saturated carbocycles. The maximum atomic E-state index is 11.2. The Morgan fingerprint density at radius 1 is 0.500 bits per heavy atom. The first kappa shape index (κ1) is 27.0. The van der Waals surface area contributed by atoms with Gasteiger partial charge in [-0.15, -0.1) is 0 Å². The van der Waals surface area contributed by atoms with Crippen molar-refractivity contribution in [3.05, 3.63) is 140 Å². The maximum Gasteiger partial charge on any atom is 0.186 e. The molecule has 0 saturated heterocycles. The van der Waals surface area contributed by atoms with Crippen LogP contribution in [0.3, 0.4) is 0 Å². The van der Waals surface area contributed by atoms with Gasteiger partial charge in [-0.25, -0.2) is 0 Å². The second kappa shape index (κ2) is 16.9. The predicted octanol–water partition coefficient (Wildman–Crippen LogP) is 6.14. The molecule has 0 fully saturated rings. The van der Waals surface area contributed by atoms with E-state index in [0.29, 0.717) is 22.6 Å². The van der Waals surface area contributed by atoms with Crippen LogP contribution in [-0.2, 0) is 0 Å². The van der Waals surface area contributed by atoms with E-state index in [1.807, 2.05) is 12.1 Å². The van der Waals surface area contributed by atoms with Gasteiger partial charge >= 0.3 is 0 Å². The van der Waals surface area contributed by atoms with Crippen LogP contribution in [0, 0.1) is 0 Å². The molecule has 1 aliphatic carbocycles. The van der Waals surface area contributed by atoms with E-state index in [1.165, 1.54) is 22.0 Å². The molecule has 3 aromatic carbocycles. The summed E-state index contributed by atoms with van der Waals surface area (Å²) in [7, 11) is 0. The number of carbonyl (C=O) groups excluding carboxylic acids is 2. The third kappa shape index (κ3) is 11.7. The summed E-state index contributed by atoms with van der Waals surface area (Å²) in [5.41, 5.74) is 28.0. The zero-order valence-corrected chi connectivity index (χ0v) is 16.6. The van der Waals surface area contributed by atoms with Crippen LogP contribution in [0.4, 0.5) is 0 Å². The van der Waals surface area contributed by atoms with Gasteiger partial charge in [-0.3, -0.25) is 19.4 Å². The SMILES string of the molecule is O=C1C=CC(=O)c2ccccc21.Oc1ccccc1.Oc1ccccc1.[N-]=[N+]=[N-].[N-]=[N+]=[N-]. The molecule has 10 heteroatoms. The second-order valence-corrected chi connectivity index (χ2v) is 5.46. The number of ketones is 2. The fourth-order valence-electron chi connectivity index (χ4n) is 2.10. The number of hydrogen-bond donors (Lipinski definition) is 2. The van der Waals surface area contributed by atoms with Gasteiger partial charge < -0.3 is 32.3 Å². The lowest BCUT2D eigenvalue weighted by Crippen LogP contribution is -2.10. The molecule has 0 bridgehead atoms. The molecule has 0 aliphatic heterocycles. The Hall–Kier alpha value is -5.04. The summed E-state index contributed by atoms with van der Waals surface area (Å²) >= 11 is 0. The molecule has 162 valence electrons. The molecule has 4 rings (SSSR count). The first-order valence-corrected chi connectivity index (χ1v) is 8.71. The monoisotopic (exact) mass is 430 g/mol. The van der Waals surface area contributed by atoms with Crippen LogP contribution >= 0.6 is 0 Å². The zero-order chi connectivity index (χ0) is 24.2. The van der Waals surface area contributed by atoms with E-state index < -0.39 is 0 Å². The van der Waals surface area contributed by atoms with Crippen molar-refractivity contribution in [3.8, 4) is 11.5 Å². The van der Waals surface area contributed by atoms with Crippen molar-refractivity contribution in [2.75, 3.05) is 0 Å². The van der Waals surface area contributed by atoms with Crippen LogP contribution < -0.4 is 0 Å². The largest absolute Gasteiger partial charge is 0.508 e. The Morgan fingerprint density at radius 3 is 0.969 bits per heavy atom. The summed E-state index contributed by atoms with van der Waals surface area (Å²) in [4.78, 5) is 25.4. The van der Waals surface area contributed by atoms with E-state index >= 15 is 0 Å². The van der Waals surface area contributed by atoms with Crippen molar-refractivity contribution in [2.45, 2.75) is 0 Å². The minimum Gasteiger partial charge on any atom is -0.508 e. The van der Waals surface area contributed by atoms with Crippen molar-refractivity contribution < 1.29 is 19.8 Å². The van der Waals surface area contributed by atoms with Crippen LogP contribution in [-0.4, -0.2) is 21.8 Å². The highest BCUT2D eigenvalue weighted by atomic mass is 16.3. The molecule has 3 aromatic rings. The minimum absolute atomic E-state index is 0.0924. The van der Waals surface area contributed by atoms with Gasteiger partial charge in [0.05, 0.1) is 0 Å². The van der Waals surface area contributed by atoms with E-state index in [4.69, 9.17) is 32.3 Å².